The van der Waals surface area contributed by atoms with Crippen LogP contribution in [0.1, 0.15) is 10.4 Å². The van der Waals surface area contributed by atoms with Gasteiger partial charge in [0.05, 0.1) is 15.5 Å². The maximum atomic E-state index is 12.0. The number of pyridine rings is 1. The Hall–Kier alpha value is -2.67. The highest BCUT2D eigenvalue weighted by molar-refractivity contribution is 6.33. The van der Waals surface area contributed by atoms with Gasteiger partial charge in [-0.25, -0.2) is 4.98 Å². The molecule has 0 unspecified atom stereocenters. The van der Waals surface area contributed by atoms with Gasteiger partial charge in [0.15, 0.2) is 0 Å². The van der Waals surface area contributed by atoms with Crippen LogP contribution >= 0.6 is 11.6 Å². The molecule has 8 heteroatoms. The highest BCUT2D eigenvalue weighted by atomic mass is 35.5. The van der Waals surface area contributed by atoms with Gasteiger partial charge in [-0.3, -0.25) is 14.9 Å². The van der Waals surface area contributed by atoms with Crippen LogP contribution in [0, 0.1) is 10.1 Å². The van der Waals surface area contributed by atoms with Crippen LogP contribution in [-0.2, 0) is 0 Å². The molecule has 1 aromatic heterocycles. The summed E-state index contributed by atoms with van der Waals surface area (Å²) in [6.07, 6.45) is 1.37. The average Bonchev–Trinajstić information content (AvgIpc) is 2.47. The number of anilines is 2. The van der Waals surface area contributed by atoms with Gasteiger partial charge in [-0.1, -0.05) is 17.7 Å². The summed E-state index contributed by atoms with van der Waals surface area (Å²) in [7, 11) is 1.66. The molecule has 1 amide bonds. The molecule has 2 N–H and O–H groups in total. The normalized spacial score (nSPS) is 10.0. The van der Waals surface area contributed by atoms with Crippen LogP contribution in [0.3, 0.4) is 0 Å². The van der Waals surface area contributed by atoms with Crippen molar-refractivity contribution < 1.29 is 9.72 Å². The first-order valence-corrected chi connectivity index (χ1v) is 6.28. The molecule has 0 aliphatic heterocycles. The van der Waals surface area contributed by atoms with Gasteiger partial charge in [0.2, 0.25) is 0 Å². The van der Waals surface area contributed by atoms with Crippen LogP contribution in [0.4, 0.5) is 17.2 Å². The van der Waals surface area contributed by atoms with E-state index in [0.29, 0.717) is 16.5 Å². The van der Waals surface area contributed by atoms with Gasteiger partial charge in [-0.05, 0) is 12.1 Å². The zero-order valence-electron chi connectivity index (χ0n) is 11.0. The van der Waals surface area contributed by atoms with Crippen LogP contribution in [0.5, 0.6) is 0 Å². The lowest BCUT2D eigenvalue weighted by atomic mass is 10.2. The summed E-state index contributed by atoms with van der Waals surface area (Å²) < 4.78 is 0. The quantitative estimate of drug-likeness (QED) is 0.668. The number of non-ortho nitro benzene ring substituents is 1. The summed E-state index contributed by atoms with van der Waals surface area (Å²) in [4.78, 5) is 26.2. The maximum absolute atomic E-state index is 12.0. The molecule has 0 fully saturated rings. The fraction of sp³-hybridized carbons (Fsp3) is 0.0769. The topological polar surface area (TPSA) is 97.2 Å². The first-order valence-electron chi connectivity index (χ1n) is 5.90. The molecule has 0 aliphatic carbocycles. The van der Waals surface area contributed by atoms with Crippen molar-refractivity contribution in [2.24, 2.45) is 0 Å². The second-order valence-electron chi connectivity index (χ2n) is 4.07. The summed E-state index contributed by atoms with van der Waals surface area (Å²) in [5.74, 6) is 0.0103. The number of nitro benzene ring substituents is 1. The van der Waals surface area contributed by atoms with Gasteiger partial charge in [0, 0.05) is 31.1 Å². The van der Waals surface area contributed by atoms with Crippen LogP contribution in [0.2, 0.25) is 5.02 Å². The number of halogens is 1. The third-order valence-electron chi connectivity index (χ3n) is 2.66. The molecule has 2 rings (SSSR count). The second kappa shape index (κ2) is 6.19. The number of amides is 1. The summed E-state index contributed by atoms with van der Waals surface area (Å²) >= 11 is 5.95. The van der Waals surface area contributed by atoms with E-state index < -0.39 is 10.8 Å². The van der Waals surface area contributed by atoms with Crippen molar-refractivity contribution in [3.8, 4) is 0 Å². The number of hydrogen-bond acceptors (Lipinski definition) is 5. The highest BCUT2D eigenvalue weighted by Gasteiger charge is 2.12. The van der Waals surface area contributed by atoms with E-state index in [9.17, 15) is 14.9 Å². The Morgan fingerprint density at radius 3 is 2.76 bits per heavy atom. The lowest BCUT2D eigenvalue weighted by Crippen LogP contribution is -2.12. The number of nitro groups is 1. The fourth-order valence-corrected chi connectivity index (χ4v) is 1.91. The Morgan fingerprint density at radius 1 is 1.38 bits per heavy atom. The average molecular weight is 307 g/mol. The molecule has 21 heavy (non-hydrogen) atoms. The molecular formula is C13H11ClN4O3. The minimum Gasteiger partial charge on any atom is -0.372 e. The second-order valence-corrected chi connectivity index (χ2v) is 4.47. The van der Waals surface area contributed by atoms with Gasteiger partial charge >= 0.3 is 0 Å². The zero-order valence-corrected chi connectivity index (χ0v) is 11.7. The summed E-state index contributed by atoms with van der Waals surface area (Å²) in [5.41, 5.74) is 0.475. The minimum absolute atomic E-state index is 0.102. The zero-order chi connectivity index (χ0) is 15.4. The van der Waals surface area contributed by atoms with Gasteiger partial charge < -0.3 is 10.6 Å². The first-order chi connectivity index (χ1) is 10.0. The molecular weight excluding hydrogens is 296 g/mol. The van der Waals surface area contributed by atoms with Crippen LogP contribution in [-0.4, -0.2) is 22.9 Å². The van der Waals surface area contributed by atoms with Gasteiger partial charge in [0.1, 0.15) is 5.82 Å². The van der Waals surface area contributed by atoms with Crippen molar-refractivity contribution in [1.82, 2.24) is 4.98 Å². The molecule has 0 saturated carbocycles. The predicted molar refractivity (Wildman–Crippen MR) is 79.8 cm³/mol. The molecule has 2 aromatic rings. The van der Waals surface area contributed by atoms with E-state index >= 15 is 0 Å². The number of nitrogens with zero attached hydrogens (tertiary/aromatic N) is 2. The summed E-state index contributed by atoms with van der Waals surface area (Å²) in [6, 6.07) is 7.13. The number of hydrogen-bond donors (Lipinski definition) is 2. The molecule has 0 radical (unpaired) electrons. The number of carbonyl (C=O) groups excluding carboxylic acids is 1. The van der Waals surface area contributed by atoms with E-state index in [1.165, 1.54) is 30.5 Å². The molecule has 0 bridgehead atoms. The Balaban J connectivity index is 2.20. The van der Waals surface area contributed by atoms with Gasteiger partial charge in [-0.15, -0.1) is 0 Å². The molecule has 0 atom stereocenters. The predicted octanol–water partition coefficient (Wildman–Crippen LogP) is 2.94. The number of nitrogens with one attached hydrogen (secondary N) is 2. The Kier molecular flexibility index (Phi) is 4.34. The SMILES string of the molecule is CNc1ncc(C(=O)Nc2cccc([N+](=O)[O-])c2)cc1Cl. The van der Waals surface area contributed by atoms with E-state index in [2.05, 4.69) is 15.6 Å². The third-order valence-corrected chi connectivity index (χ3v) is 2.94. The summed E-state index contributed by atoms with van der Waals surface area (Å²) in [5, 5.41) is 16.3. The number of carbonyl (C=O) groups is 1. The molecule has 108 valence electrons. The monoisotopic (exact) mass is 306 g/mol. The van der Waals surface area contributed by atoms with E-state index in [4.69, 9.17) is 11.6 Å². The maximum Gasteiger partial charge on any atom is 0.271 e. The van der Waals surface area contributed by atoms with E-state index in [0.717, 1.165) is 0 Å². The number of benzene rings is 1. The number of rotatable bonds is 4. The summed E-state index contributed by atoms with van der Waals surface area (Å²) in [6.45, 7) is 0. The molecule has 7 nitrogen and oxygen atoms in total. The van der Waals surface area contributed by atoms with Crippen molar-refractivity contribution in [3.63, 3.8) is 0 Å². The van der Waals surface area contributed by atoms with Crippen molar-refractivity contribution in [2.75, 3.05) is 17.7 Å². The Bertz CT molecular complexity index is 706. The third kappa shape index (κ3) is 3.46. The van der Waals surface area contributed by atoms with Crippen molar-refractivity contribution in [3.05, 3.63) is 57.2 Å². The highest BCUT2D eigenvalue weighted by Crippen LogP contribution is 2.21. The molecule has 0 aliphatic rings. The van der Waals surface area contributed by atoms with Crippen LogP contribution in [0.15, 0.2) is 36.5 Å². The lowest BCUT2D eigenvalue weighted by molar-refractivity contribution is -0.384. The minimum atomic E-state index is -0.532. The molecule has 1 aromatic carbocycles. The Labute approximate surface area is 125 Å². The smallest absolute Gasteiger partial charge is 0.271 e. The molecule has 0 spiro atoms. The van der Waals surface area contributed by atoms with E-state index in [-0.39, 0.29) is 11.3 Å². The standard InChI is InChI=1S/C13H11ClN4O3/c1-15-12-11(14)5-8(7-16-12)13(19)17-9-3-2-4-10(6-9)18(20)21/h2-7H,1H3,(H,15,16)(H,17,19). The largest absolute Gasteiger partial charge is 0.372 e. The first kappa shape index (κ1) is 14.7. The van der Waals surface area contributed by atoms with Gasteiger partial charge in [0.25, 0.3) is 11.6 Å². The van der Waals surface area contributed by atoms with E-state index in [1.807, 2.05) is 0 Å². The molecule has 1 heterocycles. The van der Waals surface area contributed by atoms with Crippen LogP contribution < -0.4 is 10.6 Å². The van der Waals surface area contributed by atoms with Crippen molar-refractivity contribution in [2.45, 2.75) is 0 Å². The van der Waals surface area contributed by atoms with Crippen LogP contribution in [0.25, 0.3) is 0 Å². The lowest BCUT2D eigenvalue weighted by Gasteiger charge is -2.07. The Morgan fingerprint density at radius 2 is 2.14 bits per heavy atom. The van der Waals surface area contributed by atoms with Gasteiger partial charge in [-0.2, -0.15) is 0 Å². The van der Waals surface area contributed by atoms with Crippen molar-refractivity contribution in [1.29, 1.82) is 0 Å². The molecule has 0 saturated heterocycles. The number of aromatic nitrogens is 1. The fourth-order valence-electron chi connectivity index (χ4n) is 1.65. The van der Waals surface area contributed by atoms with Crippen molar-refractivity contribution >= 4 is 34.7 Å². The van der Waals surface area contributed by atoms with E-state index in [1.54, 1.807) is 13.1 Å².